The molecule has 0 radical (unpaired) electrons. The van der Waals surface area contributed by atoms with Gasteiger partial charge in [0.1, 0.15) is 34.2 Å². The van der Waals surface area contributed by atoms with Gasteiger partial charge in [-0.3, -0.25) is 14.9 Å². The standard InChI is InChI=1S/C24H14ClN7O3/c1-13-3-2-4-15-9-16(22(25)30-21(13)15)12-29-31-23(28)18(10-26)20(19(11-27)24(31)33)14-5-7-17(8-6-14)32(34)35/h2-9,12H,28H2,1H3/b29-12+. The van der Waals surface area contributed by atoms with Crippen LogP contribution in [-0.4, -0.2) is 20.8 Å². The molecule has 35 heavy (non-hydrogen) atoms. The van der Waals surface area contributed by atoms with E-state index in [9.17, 15) is 25.4 Å². The highest BCUT2D eigenvalue weighted by atomic mass is 35.5. The van der Waals surface area contributed by atoms with Crippen molar-refractivity contribution in [1.29, 1.82) is 10.5 Å². The number of rotatable bonds is 4. The van der Waals surface area contributed by atoms with Crippen LogP contribution in [0.4, 0.5) is 11.5 Å². The van der Waals surface area contributed by atoms with Crippen molar-refractivity contribution in [2.24, 2.45) is 5.10 Å². The Balaban J connectivity index is 1.88. The van der Waals surface area contributed by atoms with E-state index >= 15 is 0 Å². The number of nitro benzene ring substituents is 1. The lowest BCUT2D eigenvalue weighted by atomic mass is 9.96. The summed E-state index contributed by atoms with van der Waals surface area (Å²) in [6.45, 7) is 1.90. The molecule has 4 rings (SSSR count). The van der Waals surface area contributed by atoms with Crippen molar-refractivity contribution in [2.45, 2.75) is 6.92 Å². The largest absolute Gasteiger partial charge is 0.382 e. The summed E-state index contributed by atoms with van der Waals surface area (Å²) in [5, 5.41) is 35.5. The van der Waals surface area contributed by atoms with Crippen molar-refractivity contribution >= 4 is 40.2 Å². The lowest BCUT2D eigenvalue weighted by Crippen LogP contribution is -2.25. The molecule has 2 aromatic carbocycles. The summed E-state index contributed by atoms with van der Waals surface area (Å²) < 4.78 is 0.739. The molecule has 0 amide bonds. The van der Waals surface area contributed by atoms with Crippen LogP contribution in [0.3, 0.4) is 0 Å². The number of nitrogens with two attached hydrogens (primary N) is 1. The number of aryl methyl sites for hydroxylation is 1. The number of nitrogens with zero attached hydrogens (tertiary/aromatic N) is 6. The zero-order chi connectivity index (χ0) is 25.3. The Hall–Kier alpha value is -5.06. The molecule has 0 spiro atoms. The average molecular weight is 484 g/mol. The number of anilines is 1. The van der Waals surface area contributed by atoms with Gasteiger partial charge in [0, 0.05) is 28.6 Å². The van der Waals surface area contributed by atoms with E-state index in [2.05, 4.69) is 10.1 Å². The predicted molar refractivity (Wildman–Crippen MR) is 131 cm³/mol. The number of pyridine rings is 2. The number of halogens is 1. The van der Waals surface area contributed by atoms with Crippen molar-refractivity contribution in [2.75, 3.05) is 5.73 Å². The highest BCUT2D eigenvalue weighted by Crippen LogP contribution is 2.30. The molecule has 0 aliphatic carbocycles. The number of nitro groups is 1. The SMILES string of the molecule is Cc1cccc2cc(/C=N/n3c(N)c(C#N)c(-c4ccc([N+](=O)[O-])cc4)c(C#N)c3=O)c(Cl)nc12. The van der Waals surface area contributed by atoms with E-state index in [0.29, 0.717) is 5.56 Å². The second-order valence-corrected chi connectivity index (χ2v) is 7.77. The van der Waals surface area contributed by atoms with Gasteiger partial charge < -0.3 is 5.73 Å². The zero-order valence-corrected chi connectivity index (χ0v) is 18.8. The fourth-order valence-electron chi connectivity index (χ4n) is 3.60. The lowest BCUT2D eigenvalue weighted by Gasteiger charge is -2.12. The van der Waals surface area contributed by atoms with E-state index in [1.165, 1.54) is 30.5 Å². The van der Waals surface area contributed by atoms with Gasteiger partial charge in [-0.25, -0.2) is 4.98 Å². The van der Waals surface area contributed by atoms with Gasteiger partial charge in [-0.15, -0.1) is 0 Å². The molecule has 0 bridgehead atoms. The van der Waals surface area contributed by atoms with Crippen LogP contribution in [0, 0.1) is 39.7 Å². The van der Waals surface area contributed by atoms with Crippen LogP contribution in [0.15, 0.2) is 58.4 Å². The van der Waals surface area contributed by atoms with Gasteiger partial charge in [0.05, 0.1) is 16.7 Å². The molecule has 0 atom stereocenters. The maximum absolute atomic E-state index is 13.1. The number of hydrogen-bond acceptors (Lipinski definition) is 8. The lowest BCUT2D eigenvalue weighted by molar-refractivity contribution is -0.384. The molecule has 4 aromatic rings. The maximum Gasteiger partial charge on any atom is 0.291 e. The van der Waals surface area contributed by atoms with Gasteiger partial charge in [-0.1, -0.05) is 29.8 Å². The Morgan fingerprint density at radius 1 is 1.17 bits per heavy atom. The van der Waals surface area contributed by atoms with E-state index in [1.807, 2.05) is 31.2 Å². The van der Waals surface area contributed by atoms with Crippen LogP contribution in [-0.2, 0) is 0 Å². The molecule has 0 aliphatic heterocycles. The normalized spacial score (nSPS) is 10.9. The third-order valence-electron chi connectivity index (χ3n) is 5.32. The average Bonchev–Trinajstić information content (AvgIpc) is 2.84. The third-order valence-corrected chi connectivity index (χ3v) is 5.62. The van der Waals surface area contributed by atoms with Crippen LogP contribution in [0.25, 0.3) is 22.0 Å². The molecule has 0 unspecified atom stereocenters. The Bertz CT molecular complexity index is 1690. The van der Waals surface area contributed by atoms with Crippen LogP contribution >= 0.6 is 11.6 Å². The first kappa shape index (κ1) is 23.1. The number of benzene rings is 2. The van der Waals surface area contributed by atoms with Crippen molar-refractivity contribution < 1.29 is 4.92 Å². The molecule has 2 aromatic heterocycles. The van der Waals surface area contributed by atoms with E-state index in [4.69, 9.17) is 17.3 Å². The minimum atomic E-state index is -0.866. The second-order valence-electron chi connectivity index (χ2n) is 7.41. The molecule has 2 N–H and O–H groups in total. The van der Waals surface area contributed by atoms with Gasteiger partial charge in [0.2, 0.25) is 0 Å². The number of nitriles is 2. The minimum absolute atomic E-state index is 0.0280. The maximum atomic E-state index is 13.1. The van der Waals surface area contributed by atoms with Gasteiger partial charge >= 0.3 is 0 Å². The fraction of sp³-hybridized carbons (Fsp3) is 0.0417. The summed E-state index contributed by atoms with van der Waals surface area (Å²) in [6, 6.07) is 16.1. The molecule has 0 saturated carbocycles. The van der Waals surface area contributed by atoms with Crippen molar-refractivity contribution in [1.82, 2.24) is 9.66 Å². The third kappa shape index (κ3) is 4.06. The summed E-state index contributed by atoms with van der Waals surface area (Å²) in [6.07, 6.45) is 1.27. The Labute approximate surface area is 202 Å². The van der Waals surface area contributed by atoms with E-state index in [1.54, 1.807) is 12.1 Å². The summed E-state index contributed by atoms with van der Waals surface area (Å²) in [5.74, 6) is -0.304. The van der Waals surface area contributed by atoms with Gasteiger partial charge in [-0.05, 0) is 36.2 Å². The summed E-state index contributed by atoms with van der Waals surface area (Å²) >= 11 is 6.30. The summed E-state index contributed by atoms with van der Waals surface area (Å²) in [5.41, 5.74) is 6.77. The predicted octanol–water partition coefficient (Wildman–Crippen LogP) is 4.14. The Kier molecular flexibility index (Phi) is 5.98. The number of non-ortho nitro benzene ring substituents is 1. The number of aromatic nitrogens is 2. The zero-order valence-electron chi connectivity index (χ0n) is 18.1. The van der Waals surface area contributed by atoms with Gasteiger partial charge in [0.15, 0.2) is 0 Å². The highest BCUT2D eigenvalue weighted by Gasteiger charge is 2.22. The van der Waals surface area contributed by atoms with Crippen LogP contribution < -0.4 is 11.3 Å². The first-order chi connectivity index (χ1) is 16.8. The molecule has 10 nitrogen and oxygen atoms in total. The van der Waals surface area contributed by atoms with Crippen LogP contribution in [0.5, 0.6) is 0 Å². The number of fused-ring (bicyclic) bond motifs is 1. The quantitative estimate of drug-likeness (QED) is 0.197. The highest BCUT2D eigenvalue weighted by molar-refractivity contribution is 6.32. The number of hydrogen-bond donors (Lipinski definition) is 1. The first-order valence-corrected chi connectivity index (χ1v) is 10.4. The Morgan fingerprint density at radius 3 is 2.49 bits per heavy atom. The molecule has 0 aliphatic rings. The van der Waals surface area contributed by atoms with E-state index in [0.717, 1.165) is 21.1 Å². The van der Waals surface area contributed by atoms with Crippen molar-refractivity contribution in [3.63, 3.8) is 0 Å². The number of para-hydroxylation sites is 1. The van der Waals surface area contributed by atoms with Crippen LogP contribution in [0.2, 0.25) is 5.15 Å². The summed E-state index contributed by atoms with van der Waals surface area (Å²) in [4.78, 5) is 27.8. The molecule has 0 saturated heterocycles. The Morgan fingerprint density at radius 2 is 1.86 bits per heavy atom. The van der Waals surface area contributed by atoms with Gasteiger partial charge in [-0.2, -0.15) is 20.3 Å². The smallest absolute Gasteiger partial charge is 0.291 e. The fourth-order valence-corrected chi connectivity index (χ4v) is 3.79. The monoisotopic (exact) mass is 483 g/mol. The topological polar surface area (TPSA) is 164 Å². The molecular formula is C24H14ClN7O3. The molecule has 0 fully saturated rings. The number of nitrogen functional groups attached to an aromatic ring is 1. The van der Waals surface area contributed by atoms with Crippen molar-refractivity contribution in [3.05, 3.63) is 96.4 Å². The minimum Gasteiger partial charge on any atom is -0.382 e. The van der Waals surface area contributed by atoms with E-state index < -0.39 is 10.5 Å². The van der Waals surface area contributed by atoms with Crippen LogP contribution in [0.1, 0.15) is 22.3 Å². The summed E-state index contributed by atoms with van der Waals surface area (Å²) in [7, 11) is 0. The second kappa shape index (κ2) is 9.06. The van der Waals surface area contributed by atoms with E-state index in [-0.39, 0.29) is 38.9 Å². The molecule has 11 heteroatoms. The first-order valence-electron chi connectivity index (χ1n) is 10.0. The molecular weight excluding hydrogens is 470 g/mol. The van der Waals surface area contributed by atoms with Gasteiger partial charge in [0.25, 0.3) is 11.2 Å². The molecule has 2 heterocycles. The van der Waals surface area contributed by atoms with Crippen molar-refractivity contribution in [3.8, 4) is 23.3 Å². The molecule has 170 valence electrons.